The van der Waals surface area contributed by atoms with Gasteiger partial charge in [0.2, 0.25) is 5.78 Å². The number of halogens is 1. The minimum atomic E-state index is -0.531. The number of carbonyl (C=O) groups excluding carboxylic acids is 2. The van der Waals surface area contributed by atoms with Crippen LogP contribution < -0.4 is 5.32 Å². The summed E-state index contributed by atoms with van der Waals surface area (Å²) in [6.07, 6.45) is 0. The highest BCUT2D eigenvalue weighted by Gasteiger charge is 2.24. The van der Waals surface area contributed by atoms with Crippen LogP contribution in [0.3, 0.4) is 0 Å². The van der Waals surface area contributed by atoms with E-state index in [1.54, 1.807) is 31.2 Å². The molecule has 0 spiro atoms. The van der Waals surface area contributed by atoms with E-state index < -0.39 is 17.5 Å². The number of aromatic nitrogens is 2. The van der Waals surface area contributed by atoms with Crippen molar-refractivity contribution >= 4 is 39.9 Å². The maximum Gasteiger partial charge on any atom is 0.277 e. The fraction of sp³-hybridized carbons (Fsp3) is 0.0526. The molecular formula is C19H12FN3O3S. The third-order valence-electron chi connectivity index (χ3n) is 4.07. The lowest BCUT2D eigenvalue weighted by Gasteiger charge is -2.05. The van der Waals surface area contributed by atoms with E-state index in [0.717, 1.165) is 17.6 Å². The van der Waals surface area contributed by atoms with Crippen LogP contribution in [-0.4, -0.2) is 21.3 Å². The predicted octanol–water partition coefficient (Wildman–Crippen LogP) is 4.22. The molecule has 1 N–H and O–H groups in total. The van der Waals surface area contributed by atoms with Crippen LogP contribution in [0.4, 0.5) is 10.1 Å². The molecule has 0 saturated carbocycles. The Hall–Kier alpha value is -3.39. The smallest absolute Gasteiger partial charge is 0.277 e. The number of fused-ring (bicyclic) bond motifs is 1. The molecule has 0 fully saturated rings. The monoisotopic (exact) mass is 381 g/mol. The summed E-state index contributed by atoms with van der Waals surface area (Å²) in [4.78, 5) is 25.3. The summed E-state index contributed by atoms with van der Waals surface area (Å²) in [7, 11) is 0. The van der Waals surface area contributed by atoms with Crippen molar-refractivity contribution in [1.82, 2.24) is 9.59 Å². The van der Waals surface area contributed by atoms with Gasteiger partial charge >= 0.3 is 0 Å². The highest BCUT2D eigenvalue weighted by molar-refractivity contribution is 7.03. The summed E-state index contributed by atoms with van der Waals surface area (Å²) in [6, 6.07) is 11.1. The molecule has 134 valence electrons. The Morgan fingerprint density at radius 2 is 2.00 bits per heavy atom. The summed E-state index contributed by atoms with van der Waals surface area (Å²) in [5.41, 5.74) is 1.34. The van der Waals surface area contributed by atoms with Crippen LogP contribution >= 0.6 is 11.5 Å². The summed E-state index contributed by atoms with van der Waals surface area (Å²) in [5.74, 6) is -1.61. The van der Waals surface area contributed by atoms with E-state index in [9.17, 15) is 14.0 Å². The van der Waals surface area contributed by atoms with Gasteiger partial charge in [0, 0.05) is 16.3 Å². The quantitative estimate of drug-likeness (QED) is 0.535. The fourth-order valence-electron chi connectivity index (χ4n) is 2.64. The van der Waals surface area contributed by atoms with Crippen molar-refractivity contribution in [3.8, 4) is 0 Å². The van der Waals surface area contributed by atoms with E-state index in [1.807, 2.05) is 0 Å². The highest BCUT2D eigenvalue weighted by atomic mass is 32.1. The Kier molecular flexibility index (Phi) is 4.25. The number of hydrogen-bond donors (Lipinski definition) is 1. The predicted molar refractivity (Wildman–Crippen MR) is 98.6 cm³/mol. The Labute approximate surface area is 156 Å². The standard InChI is InChI=1S/C19H12FN3O3S/c1-10-6-7-11(8-13(10)20)17(24)18-16(12-4-2-3-5-15(12)26-18)21-19(25)14-9-27-23-22-14/h2-9H,1H3,(H,21,25). The molecule has 0 unspecified atom stereocenters. The summed E-state index contributed by atoms with van der Waals surface area (Å²) in [6.45, 7) is 1.61. The minimum absolute atomic E-state index is 0.0732. The molecular weight excluding hydrogens is 369 g/mol. The van der Waals surface area contributed by atoms with Crippen molar-refractivity contribution in [1.29, 1.82) is 0 Å². The van der Waals surface area contributed by atoms with Crippen LogP contribution in [0, 0.1) is 12.7 Å². The lowest BCUT2D eigenvalue weighted by atomic mass is 10.0. The second-order valence-corrected chi connectivity index (χ2v) is 6.45. The second kappa shape index (κ2) is 6.73. The number of ketones is 1. The third-order valence-corrected chi connectivity index (χ3v) is 4.57. The third kappa shape index (κ3) is 3.11. The SMILES string of the molecule is Cc1ccc(C(=O)c2oc3ccccc3c2NC(=O)c2csnn2)cc1F. The number of furan rings is 1. The maximum atomic E-state index is 13.9. The molecule has 0 aliphatic rings. The fourth-order valence-corrected chi connectivity index (χ4v) is 3.07. The Balaban J connectivity index is 1.81. The number of carbonyl (C=O) groups is 2. The number of nitrogens with one attached hydrogen (secondary N) is 1. The van der Waals surface area contributed by atoms with Gasteiger partial charge in [-0.2, -0.15) is 0 Å². The first-order valence-electron chi connectivity index (χ1n) is 7.95. The van der Waals surface area contributed by atoms with Crippen LogP contribution in [-0.2, 0) is 0 Å². The van der Waals surface area contributed by atoms with Crippen LogP contribution in [0.1, 0.15) is 32.2 Å². The van der Waals surface area contributed by atoms with Crippen molar-refractivity contribution < 1.29 is 18.4 Å². The second-order valence-electron chi connectivity index (χ2n) is 5.84. The zero-order valence-electron chi connectivity index (χ0n) is 14.0. The first-order chi connectivity index (χ1) is 13.0. The Morgan fingerprint density at radius 3 is 2.74 bits per heavy atom. The molecule has 2 heterocycles. The first-order valence-corrected chi connectivity index (χ1v) is 8.79. The molecule has 6 nitrogen and oxygen atoms in total. The largest absolute Gasteiger partial charge is 0.450 e. The summed E-state index contributed by atoms with van der Waals surface area (Å²) in [5, 5.41) is 8.45. The molecule has 0 aliphatic carbocycles. The van der Waals surface area contributed by atoms with Gasteiger partial charge in [-0.3, -0.25) is 9.59 Å². The molecule has 0 atom stereocenters. The van der Waals surface area contributed by atoms with Crippen molar-refractivity contribution in [2.24, 2.45) is 0 Å². The number of nitrogens with zero attached hydrogens (tertiary/aromatic N) is 2. The van der Waals surface area contributed by atoms with Crippen molar-refractivity contribution in [3.05, 3.63) is 76.2 Å². The number of aryl methyl sites for hydroxylation is 1. The van der Waals surface area contributed by atoms with Crippen molar-refractivity contribution in [2.75, 3.05) is 5.32 Å². The summed E-state index contributed by atoms with van der Waals surface area (Å²) >= 11 is 1.04. The number of amides is 1. The highest BCUT2D eigenvalue weighted by Crippen LogP contribution is 2.33. The lowest BCUT2D eigenvalue weighted by molar-refractivity contribution is 0.101. The topological polar surface area (TPSA) is 85.1 Å². The van der Waals surface area contributed by atoms with Crippen LogP contribution in [0.2, 0.25) is 0 Å². The molecule has 2 aromatic carbocycles. The molecule has 2 aromatic heterocycles. The van der Waals surface area contributed by atoms with E-state index in [1.165, 1.54) is 17.5 Å². The Bertz CT molecular complexity index is 1170. The van der Waals surface area contributed by atoms with Crippen molar-refractivity contribution in [3.63, 3.8) is 0 Å². The van der Waals surface area contributed by atoms with Crippen LogP contribution in [0.5, 0.6) is 0 Å². The van der Waals surface area contributed by atoms with Gasteiger partial charge in [-0.25, -0.2) is 4.39 Å². The van der Waals surface area contributed by atoms with Gasteiger partial charge in [0.1, 0.15) is 11.4 Å². The van der Waals surface area contributed by atoms with Gasteiger partial charge in [-0.05, 0) is 42.2 Å². The van der Waals surface area contributed by atoms with Gasteiger partial charge in [-0.15, -0.1) is 5.10 Å². The number of anilines is 1. The molecule has 8 heteroatoms. The van der Waals surface area contributed by atoms with E-state index in [2.05, 4.69) is 14.9 Å². The molecule has 0 bridgehead atoms. The minimum Gasteiger partial charge on any atom is -0.450 e. The van der Waals surface area contributed by atoms with E-state index in [-0.39, 0.29) is 22.7 Å². The Morgan fingerprint density at radius 1 is 1.19 bits per heavy atom. The average Bonchev–Trinajstić information content (AvgIpc) is 3.32. The average molecular weight is 381 g/mol. The van der Waals surface area contributed by atoms with Gasteiger partial charge in [-0.1, -0.05) is 28.8 Å². The maximum absolute atomic E-state index is 13.9. The number of hydrogen-bond acceptors (Lipinski definition) is 6. The van der Waals surface area contributed by atoms with Crippen molar-refractivity contribution in [2.45, 2.75) is 6.92 Å². The van der Waals surface area contributed by atoms with E-state index >= 15 is 0 Å². The van der Waals surface area contributed by atoms with E-state index in [0.29, 0.717) is 16.5 Å². The molecule has 0 aliphatic heterocycles. The van der Waals surface area contributed by atoms with Gasteiger partial charge in [0.05, 0.1) is 5.69 Å². The summed E-state index contributed by atoms with van der Waals surface area (Å²) < 4.78 is 23.2. The van der Waals surface area contributed by atoms with Crippen LogP contribution in [0.15, 0.2) is 52.3 Å². The molecule has 0 radical (unpaired) electrons. The molecule has 1 amide bonds. The molecule has 27 heavy (non-hydrogen) atoms. The molecule has 0 saturated heterocycles. The van der Waals surface area contributed by atoms with Gasteiger partial charge in [0.25, 0.3) is 5.91 Å². The first kappa shape index (κ1) is 17.0. The lowest BCUT2D eigenvalue weighted by Crippen LogP contribution is -2.15. The number of rotatable bonds is 4. The molecule has 4 rings (SSSR count). The van der Waals surface area contributed by atoms with Gasteiger partial charge in [0.15, 0.2) is 11.5 Å². The van der Waals surface area contributed by atoms with Gasteiger partial charge < -0.3 is 9.73 Å². The van der Waals surface area contributed by atoms with E-state index in [4.69, 9.17) is 4.42 Å². The van der Waals surface area contributed by atoms with Crippen LogP contribution in [0.25, 0.3) is 11.0 Å². The normalized spacial score (nSPS) is 10.9. The zero-order valence-corrected chi connectivity index (χ0v) is 14.8. The molecule has 4 aromatic rings. The number of benzene rings is 2. The number of para-hydroxylation sites is 1. The zero-order chi connectivity index (χ0) is 19.0.